The average Bonchev–Trinajstić information content (AvgIpc) is 2.90. The zero-order valence-corrected chi connectivity index (χ0v) is 28.2. The van der Waals surface area contributed by atoms with E-state index in [4.69, 9.17) is 9.05 Å². The van der Waals surface area contributed by atoms with Crippen molar-refractivity contribution >= 4 is 13.7 Å². The number of unbranched alkanes of at least 4 members (excludes halogenated alkanes) is 16. The molecule has 0 aromatic rings. The molecule has 0 aromatic carbocycles. The highest BCUT2D eigenvalue weighted by Crippen LogP contribution is 2.43. The number of hydrogen-bond acceptors (Lipinski definition) is 5. The van der Waals surface area contributed by atoms with Crippen molar-refractivity contribution < 1.29 is 32.9 Å². The van der Waals surface area contributed by atoms with E-state index in [1.54, 1.807) is 6.08 Å². The first-order valence-corrected chi connectivity index (χ1v) is 18.1. The first kappa shape index (κ1) is 40.2. The van der Waals surface area contributed by atoms with Gasteiger partial charge in [-0.3, -0.25) is 13.8 Å². The maximum Gasteiger partial charge on any atom is 0.472 e. The molecule has 0 radical (unpaired) electrons. The van der Waals surface area contributed by atoms with Gasteiger partial charge in [0.15, 0.2) is 0 Å². The Hall–Kier alpha value is -0.760. The summed E-state index contributed by atoms with van der Waals surface area (Å²) in [6, 6.07) is -0.834. The summed E-state index contributed by atoms with van der Waals surface area (Å²) in [6.45, 7) is 4.64. The molecule has 0 spiro atoms. The van der Waals surface area contributed by atoms with Gasteiger partial charge in [-0.2, -0.15) is 0 Å². The molecule has 0 fully saturated rings. The Morgan fingerprint density at radius 2 is 1.29 bits per heavy atom. The number of nitrogens with zero attached hydrogens (tertiary/aromatic N) is 1. The second kappa shape index (κ2) is 25.7. The molecule has 244 valence electrons. The van der Waals surface area contributed by atoms with Crippen LogP contribution < -0.4 is 5.32 Å². The molecule has 0 aliphatic rings. The zero-order valence-electron chi connectivity index (χ0n) is 27.3. The number of aliphatic hydroxyl groups excluding tert-OH is 1. The number of aliphatic hydroxyl groups is 1. The molecule has 0 saturated heterocycles. The maximum atomic E-state index is 12.6. The van der Waals surface area contributed by atoms with E-state index in [-0.39, 0.29) is 19.1 Å². The van der Waals surface area contributed by atoms with Gasteiger partial charge in [0, 0.05) is 6.42 Å². The van der Waals surface area contributed by atoms with Crippen molar-refractivity contribution in [3.8, 4) is 0 Å². The van der Waals surface area contributed by atoms with Crippen molar-refractivity contribution in [3.63, 3.8) is 0 Å². The number of carbonyl (C=O) groups is 1. The van der Waals surface area contributed by atoms with E-state index in [1.165, 1.54) is 77.0 Å². The number of likely N-dealkylation sites (N-methyl/N-ethyl adjacent to an activating group) is 1. The first-order chi connectivity index (χ1) is 19.5. The van der Waals surface area contributed by atoms with Gasteiger partial charge < -0.3 is 19.8 Å². The molecule has 0 aliphatic carbocycles. The Labute approximate surface area is 252 Å². The van der Waals surface area contributed by atoms with Crippen LogP contribution in [-0.2, 0) is 18.4 Å². The Morgan fingerprint density at radius 3 is 1.78 bits per heavy atom. The van der Waals surface area contributed by atoms with Crippen molar-refractivity contribution in [1.29, 1.82) is 0 Å². The van der Waals surface area contributed by atoms with Crippen LogP contribution in [0.1, 0.15) is 136 Å². The summed E-state index contributed by atoms with van der Waals surface area (Å²) >= 11 is 0. The molecule has 0 rings (SSSR count). The number of quaternary nitrogens is 1. The molecule has 0 heterocycles. The lowest BCUT2D eigenvalue weighted by molar-refractivity contribution is -0.870. The van der Waals surface area contributed by atoms with E-state index in [2.05, 4.69) is 19.2 Å². The fourth-order valence-electron chi connectivity index (χ4n) is 4.50. The SMILES string of the molecule is CCCC/C=C/C(O)C(COP(=O)(O)OCC[N+](C)(C)C)NC(=O)CCCCCCCCCCCCCCCCC. The molecule has 9 heteroatoms. The lowest BCUT2D eigenvalue weighted by atomic mass is 10.0. The lowest BCUT2D eigenvalue weighted by Crippen LogP contribution is -2.45. The van der Waals surface area contributed by atoms with E-state index in [9.17, 15) is 19.4 Å². The van der Waals surface area contributed by atoms with Crippen LogP contribution in [0, 0.1) is 0 Å². The number of hydrogen-bond donors (Lipinski definition) is 3. The highest BCUT2D eigenvalue weighted by molar-refractivity contribution is 7.47. The van der Waals surface area contributed by atoms with Crippen LogP contribution in [-0.4, -0.2) is 73.4 Å². The monoisotopic (exact) mass is 605 g/mol. The molecule has 0 bridgehead atoms. The van der Waals surface area contributed by atoms with Gasteiger partial charge in [0.25, 0.3) is 0 Å². The minimum Gasteiger partial charge on any atom is -0.387 e. The van der Waals surface area contributed by atoms with Gasteiger partial charge in [0.2, 0.25) is 5.91 Å². The van der Waals surface area contributed by atoms with Crippen LogP contribution in [0.15, 0.2) is 12.2 Å². The second-order valence-corrected chi connectivity index (χ2v) is 14.0. The summed E-state index contributed by atoms with van der Waals surface area (Å²) in [4.78, 5) is 22.7. The van der Waals surface area contributed by atoms with Crippen LogP contribution in [0.25, 0.3) is 0 Å². The van der Waals surface area contributed by atoms with E-state index in [0.29, 0.717) is 17.4 Å². The maximum absolute atomic E-state index is 12.6. The Bertz CT molecular complexity index is 698. The fraction of sp³-hybridized carbons (Fsp3) is 0.906. The van der Waals surface area contributed by atoms with Crippen molar-refractivity contribution in [2.75, 3.05) is 40.9 Å². The summed E-state index contributed by atoms with van der Waals surface area (Å²) in [6.07, 6.45) is 24.7. The fourth-order valence-corrected chi connectivity index (χ4v) is 5.23. The van der Waals surface area contributed by atoms with E-state index in [1.807, 2.05) is 27.2 Å². The van der Waals surface area contributed by atoms with Gasteiger partial charge in [-0.15, -0.1) is 0 Å². The van der Waals surface area contributed by atoms with Gasteiger partial charge in [-0.25, -0.2) is 4.57 Å². The number of allylic oxidation sites excluding steroid dienone is 1. The lowest BCUT2D eigenvalue weighted by Gasteiger charge is -2.25. The molecule has 8 nitrogen and oxygen atoms in total. The summed E-state index contributed by atoms with van der Waals surface area (Å²) < 4.78 is 23.2. The van der Waals surface area contributed by atoms with Crippen LogP contribution in [0.3, 0.4) is 0 Å². The highest BCUT2D eigenvalue weighted by atomic mass is 31.2. The zero-order chi connectivity index (χ0) is 30.8. The molecule has 3 N–H and O–H groups in total. The second-order valence-electron chi connectivity index (χ2n) is 12.5. The third-order valence-corrected chi connectivity index (χ3v) is 8.24. The summed E-state index contributed by atoms with van der Waals surface area (Å²) in [5.74, 6) is -0.187. The summed E-state index contributed by atoms with van der Waals surface area (Å²) in [7, 11) is 1.57. The van der Waals surface area contributed by atoms with Crippen molar-refractivity contribution in [2.45, 2.75) is 148 Å². The molecular formula is C32H66N2O6P+. The first-order valence-electron chi connectivity index (χ1n) is 16.6. The molecule has 41 heavy (non-hydrogen) atoms. The van der Waals surface area contributed by atoms with Crippen molar-refractivity contribution in [2.24, 2.45) is 0 Å². The standard InChI is InChI=1S/C32H65N2O6P/c1-6-8-10-12-13-14-15-16-17-18-19-20-21-22-24-26-32(36)33-30(31(35)25-23-11-9-7-2)29-40-41(37,38)39-28-27-34(3,4)5/h23,25,30-31,35H,6-22,24,26-29H2,1-5H3,(H-,33,36,37,38)/p+1/b25-23+. The van der Waals surface area contributed by atoms with Crippen LogP contribution >= 0.6 is 7.82 Å². The van der Waals surface area contributed by atoms with E-state index in [0.717, 1.165) is 38.5 Å². The molecule has 0 saturated carbocycles. The number of phosphoric ester groups is 1. The van der Waals surface area contributed by atoms with E-state index < -0.39 is 20.0 Å². The molecule has 0 aromatic heterocycles. The smallest absolute Gasteiger partial charge is 0.387 e. The van der Waals surface area contributed by atoms with Gasteiger partial charge in [-0.05, 0) is 12.8 Å². The topological polar surface area (TPSA) is 105 Å². The quantitative estimate of drug-likeness (QED) is 0.0350. The number of rotatable bonds is 29. The third-order valence-electron chi connectivity index (χ3n) is 7.26. The average molecular weight is 606 g/mol. The van der Waals surface area contributed by atoms with Crippen molar-refractivity contribution in [1.82, 2.24) is 5.32 Å². The highest BCUT2D eigenvalue weighted by Gasteiger charge is 2.27. The molecule has 1 amide bonds. The Morgan fingerprint density at radius 1 is 0.805 bits per heavy atom. The van der Waals surface area contributed by atoms with Gasteiger partial charge >= 0.3 is 7.82 Å². The minimum atomic E-state index is -4.30. The molecular weight excluding hydrogens is 539 g/mol. The van der Waals surface area contributed by atoms with Crippen LogP contribution in [0.4, 0.5) is 0 Å². The normalized spacial score (nSPS) is 15.2. The van der Waals surface area contributed by atoms with Crippen molar-refractivity contribution in [3.05, 3.63) is 12.2 Å². The largest absolute Gasteiger partial charge is 0.472 e. The number of carbonyl (C=O) groups excluding carboxylic acids is 1. The number of nitrogens with one attached hydrogen (secondary N) is 1. The Balaban J connectivity index is 4.28. The predicted molar refractivity (Wildman–Crippen MR) is 171 cm³/mol. The number of phosphoric acid groups is 1. The molecule has 0 aliphatic heterocycles. The predicted octanol–water partition coefficient (Wildman–Crippen LogP) is 7.68. The van der Waals surface area contributed by atoms with E-state index >= 15 is 0 Å². The Kier molecular flexibility index (Phi) is 25.2. The molecule has 3 atom stereocenters. The minimum absolute atomic E-state index is 0.0625. The van der Waals surface area contributed by atoms with Crippen LogP contribution in [0.5, 0.6) is 0 Å². The summed E-state index contributed by atoms with van der Waals surface area (Å²) in [5, 5.41) is 13.4. The third kappa shape index (κ3) is 27.8. The van der Waals surface area contributed by atoms with Gasteiger partial charge in [0.05, 0.1) is 39.9 Å². The number of amides is 1. The molecule has 3 unspecified atom stereocenters. The summed E-state index contributed by atoms with van der Waals surface area (Å²) in [5.41, 5.74) is 0. The van der Waals surface area contributed by atoms with Gasteiger partial charge in [-0.1, -0.05) is 129 Å². The van der Waals surface area contributed by atoms with Crippen LogP contribution in [0.2, 0.25) is 0 Å². The van der Waals surface area contributed by atoms with Gasteiger partial charge in [0.1, 0.15) is 13.2 Å².